The van der Waals surface area contributed by atoms with Gasteiger partial charge < -0.3 is 0 Å². The molecular weight excluding hydrogens is 336 g/mol. The van der Waals surface area contributed by atoms with Gasteiger partial charge in [-0.25, -0.2) is 4.98 Å². The molecule has 1 aliphatic carbocycles. The molecule has 1 aromatic heterocycles. The number of aryl methyl sites for hydroxylation is 1. The number of nitrogens with one attached hydrogen (secondary N) is 1. The fraction of sp³-hybridized carbons (Fsp3) is 0.333. The number of amides is 1. The highest BCUT2D eigenvalue weighted by atomic mass is 79.9. The number of halogens is 1. The predicted octanol–water partition coefficient (Wildman–Crippen LogP) is 4.28. The van der Waals surface area contributed by atoms with Crippen molar-refractivity contribution in [2.24, 2.45) is 5.92 Å². The lowest BCUT2D eigenvalue weighted by atomic mass is 9.93. The lowest BCUT2D eigenvalue weighted by molar-refractivity contribution is 0.102. The number of carbonyl (C=O) groups excluding carboxylic acids is 1. The van der Waals surface area contributed by atoms with E-state index in [1.807, 2.05) is 18.2 Å². The molecule has 2 aromatic rings. The first kappa shape index (κ1) is 13.8. The van der Waals surface area contributed by atoms with Crippen LogP contribution in [0, 0.1) is 5.92 Å². The summed E-state index contributed by atoms with van der Waals surface area (Å²) in [5.41, 5.74) is 1.80. The highest BCUT2D eigenvalue weighted by Gasteiger charge is 2.21. The molecule has 0 bridgehead atoms. The Morgan fingerprint density at radius 1 is 1.45 bits per heavy atom. The van der Waals surface area contributed by atoms with E-state index in [2.05, 4.69) is 33.2 Å². The summed E-state index contributed by atoms with van der Waals surface area (Å²) >= 11 is 5.01. The predicted molar refractivity (Wildman–Crippen MR) is 85.4 cm³/mol. The first-order valence-electron chi connectivity index (χ1n) is 6.68. The fourth-order valence-electron chi connectivity index (χ4n) is 2.40. The standard InChI is InChI=1S/C15H15BrN2OS/c1-9-6-7-12-13(8-9)20-15(17-12)18-14(19)10-4-2-3-5-11(10)16/h2-5,9H,6-8H2,1H3,(H,17,18,19)/t9-/m0/s1. The van der Waals surface area contributed by atoms with Crippen LogP contribution in [-0.4, -0.2) is 10.9 Å². The van der Waals surface area contributed by atoms with E-state index in [1.54, 1.807) is 17.4 Å². The maximum atomic E-state index is 12.2. The number of rotatable bonds is 2. The van der Waals surface area contributed by atoms with Crippen LogP contribution in [0.5, 0.6) is 0 Å². The smallest absolute Gasteiger partial charge is 0.258 e. The summed E-state index contributed by atoms with van der Waals surface area (Å²) in [6.45, 7) is 2.27. The first-order valence-corrected chi connectivity index (χ1v) is 8.29. The number of hydrogen-bond donors (Lipinski definition) is 1. The zero-order valence-corrected chi connectivity index (χ0v) is 13.6. The minimum atomic E-state index is -0.114. The molecule has 1 aromatic carbocycles. The van der Waals surface area contributed by atoms with Crippen LogP contribution in [0.15, 0.2) is 28.7 Å². The van der Waals surface area contributed by atoms with E-state index in [0.717, 1.165) is 28.9 Å². The van der Waals surface area contributed by atoms with Crippen molar-refractivity contribution >= 4 is 38.3 Å². The van der Waals surface area contributed by atoms with Crippen LogP contribution in [0.2, 0.25) is 0 Å². The normalized spacial score (nSPS) is 17.6. The van der Waals surface area contributed by atoms with E-state index < -0.39 is 0 Å². The van der Waals surface area contributed by atoms with Crippen molar-refractivity contribution in [2.75, 3.05) is 5.32 Å². The van der Waals surface area contributed by atoms with Crippen LogP contribution < -0.4 is 5.32 Å². The number of nitrogens with zero attached hydrogens (tertiary/aromatic N) is 1. The number of fused-ring (bicyclic) bond motifs is 1. The molecule has 0 aliphatic heterocycles. The van der Waals surface area contributed by atoms with Crippen LogP contribution in [-0.2, 0) is 12.8 Å². The van der Waals surface area contributed by atoms with Crippen LogP contribution in [0.3, 0.4) is 0 Å². The van der Waals surface area contributed by atoms with Gasteiger partial charge in [0.1, 0.15) is 0 Å². The molecule has 1 aliphatic rings. The Hall–Kier alpha value is -1.20. The Morgan fingerprint density at radius 3 is 3.05 bits per heavy atom. The highest BCUT2D eigenvalue weighted by molar-refractivity contribution is 9.10. The monoisotopic (exact) mass is 350 g/mol. The minimum Gasteiger partial charge on any atom is -0.298 e. The van der Waals surface area contributed by atoms with Gasteiger partial charge in [-0.15, -0.1) is 11.3 Å². The summed E-state index contributed by atoms with van der Waals surface area (Å²) in [7, 11) is 0. The molecule has 1 heterocycles. The lowest BCUT2D eigenvalue weighted by Crippen LogP contribution is -2.12. The molecule has 0 saturated heterocycles. The molecule has 104 valence electrons. The van der Waals surface area contributed by atoms with Gasteiger partial charge in [0.05, 0.1) is 11.3 Å². The molecule has 1 N–H and O–H groups in total. The van der Waals surface area contributed by atoms with E-state index >= 15 is 0 Å². The number of carbonyl (C=O) groups is 1. The average Bonchev–Trinajstić information content (AvgIpc) is 2.80. The Balaban J connectivity index is 1.79. The first-order chi connectivity index (χ1) is 9.63. The quantitative estimate of drug-likeness (QED) is 0.877. The molecule has 0 saturated carbocycles. The van der Waals surface area contributed by atoms with Crippen LogP contribution in [0.25, 0.3) is 0 Å². The molecule has 0 spiro atoms. The second-order valence-electron chi connectivity index (χ2n) is 5.17. The molecule has 1 atom stereocenters. The Morgan fingerprint density at radius 2 is 2.25 bits per heavy atom. The summed E-state index contributed by atoms with van der Waals surface area (Å²) < 4.78 is 0.799. The number of aromatic nitrogens is 1. The van der Waals surface area contributed by atoms with Crippen molar-refractivity contribution in [3.63, 3.8) is 0 Å². The SMILES string of the molecule is C[C@H]1CCc2nc(NC(=O)c3ccccc3Br)sc2C1. The topological polar surface area (TPSA) is 42.0 Å². The summed E-state index contributed by atoms with van der Waals surface area (Å²) in [5, 5.41) is 3.62. The maximum absolute atomic E-state index is 12.2. The van der Waals surface area contributed by atoms with Crippen molar-refractivity contribution in [1.29, 1.82) is 0 Å². The zero-order chi connectivity index (χ0) is 14.1. The van der Waals surface area contributed by atoms with Gasteiger partial charge in [-0.05, 0) is 53.2 Å². The molecular formula is C15H15BrN2OS. The molecule has 20 heavy (non-hydrogen) atoms. The fourth-order valence-corrected chi connectivity index (χ4v) is 4.03. The van der Waals surface area contributed by atoms with Crippen molar-refractivity contribution in [1.82, 2.24) is 4.98 Å². The van der Waals surface area contributed by atoms with Gasteiger partial charge >= 0.3 is 0 Å². The summed E-state index contributed by atoms with van der Waals surface area (Å²) in [4.78, 5) is 18.1. The Bertz CT molecular complexity index is 653. The second-order valence-corrected chi connectivity index (χ2v) is 7.11. The van der Waals surface area contributed by atoms with Crippen LogP contribution >= 0.6 is 27.3 Å². The molecule has 0 unspecified atom stereocenters. The number of benzene rings is 1. The van der Waals surface area contributed by atoms with Gasteiger partial charge in [0.15, 0.2) is 5.13 Å². The van der Waals surface area contributed by atoms with Crippen LogP contribution in [0.1, 0.15) is 34.3 Å². The molecule has 5 heteroatoms. The largest absolute Gasteiger partial charge is 0.298 e. The van der Waals surface area contributed by atoms with E-state index in [9.17, 15) is 4.79 Å². The van der Waals surface area contributed by atoms with Crippen molar-refractivity contribution in [3.8, 4) is 0 Å². The molecule has 3 rings (SSSR count). The minimum absolute atomic E-state index is 0.114. The van der Waals surface area contributed by atoms with Crippen molar-refractivity contribution in [3.05, 3.63) is 44.9 Å². The Labute approximate surface area is 130 Å². The summed E-state index contributed by atoms with van der Waals surface area (Å²) in [5.74, 6) is 0.603. The summed E-state index contributed by atoms with van der Waals surface area (Å²) in [6, 6.07) is 7.41. The maximum Gasteiger partial charge on any atom is 0.258 e. The molecule has 3 nitrogen and oxygen atoms in total. The third-order valence-corrected chi connectivity index (χ3v) is 5.25. The van der Waals surface area contributed by atoms with E-state index in [-0.39, 0.29) is 5.91 Å². The van der Waals surface area contributed by atoms with E-state index in [1.165, 1.54) is 11.3 Å². The zero-order valence-electron chi connectivity index (χ0n) is 11.1. The third kappa shape index (κ3) is 2.79. The van der Waals surface area contributed by atoms with Gasteiger partial charge in [-0.2, -0.15) is 0 Å². The van der Waals surface area contributed by atoms with E-state index in [0.29, 0.717) is 10.7 Å². The average molecular weight is 351 g/mol. The van der Waals surface area contributed by atoms with Gasteiger partial charge in [-0.3, -0.25) is 10.1 Å². The van der Waals surface area contributed by atoms with Gasteiger partial charge in [0, 0.05) is 9.35 Å². The van der Waals surface area contributed by atoms with Gasteiger partial charge in [0.2, 0.25) is 0 Å². The second kappa shape index (κ2) is 5.66. The molecule has 0 radical (unpaired) electrons. The van der Waals surface area contributed by atoms with E-state index in [4.69, 9.17) is 0 Å². The number of anilines is 1. The Kier molecular flexibility index (Phi) is 3.89. The van der Waals surface area contributed by atoms with Crippen LogP contribution in [0.4, 0.5) is 5.13 Å². The summed E-state index contributed by atoms with van der Waals surface area (Å²) in [6.07, 6.45) is 3.30. The lowest BCUT2D eigenvalue weighted by Gasteiger charge is -2.15. The molecule has 1 amide bonds. The van der Waals surface area contributed by atoms with Gasteiger partial charge in [0.25, 0.3) is 5.91 Å². The van der Waals surface area contributed by atoms with Crippen molar-refractivity contribution in [2.45, 2.75) is 26.2 Å². The van der Waals surface area contributed by atoms with Crippen molar-refractivity contribution < 1.29 is 4.79 Å². The molecule has 0 fully saturated rings. The number of hydrogen-bond acceptors (Lipinski definition) is 3. The highest BCUT2D eigenvalue weighted by Crippen LogP contribution is 2.32. The number of thiazole rings is 1. The van der Waals surface area contributed by atoms with Gasteiger partial charge in [-0.1, -0.05) is 19.1 Å². The third-order valence-electron chi connectivity index (χ3n) is 3.52.